The Labute approximate surface area is 155 Å². The van der Waals surface area contributed by atoms with Crippen molar-refractivity contribution in [1.82, 2.24) is 4.98 Å². The molecular weight excluding hydrogens is 359 g/mol. The number of hydrogen-bond acceptors (Lipinski definition) is 2. The zero-order valence-corrected chi connectivity index (χ0v) is 15.1. The third kappa shape index (κ3) is 2.80. The van der Waals surface area contributed by atoms with Crippen molar-refractivity contribution in [2.75, 3.05) is 7.11 Å². The summed E-state index contributed by atoms with van der Waals surface area (Å²) in [5.74, 6) is -0.231. The Balaban J connectivity index is 1.90. The first-order chi connectivity index (χ1) is 12.1. The van der Waals surface area contributed by atoms with Gasteiger partial charge in [-0.25, -0.2) is 4.79 Å². The average Bonchev–Trinajstić information content (AvgIpc) is 2.99. The molecule has 0 saturated heterocycles. The van der Waals surface area contributed by atoms with E-state index in [-0.39, 0.29) is 18.1 Å². The van der Waals surface area contributed by atoms with Gasteiger partial charge in [-0.3, -0.25) is 0 Å². The van der Waals surface area contributed by atoms with Crippen molar-refractivity contribution in [2.24, 2.45) is 0 Å². The van der Waals surface area contributed by atoms with Crippen molar-refractivity contribution < 1.29 is 14.8 Å². The van der Waals surface area contributed by atoms with E-state index in [1.54, 1.807) is 6.07 Å². The Hall–Kier alpha value is -2.01. The van der Waals surface area contributed by atoms with Gasteiger partial charge in [0, 0.05) is 27.9 Å². The van der Waals surface area contributed by atoms with E-state index in [4.69, 9.17) is 27.9 Å². The maximum atomic E-state index is 12.2. The molecule has 2 atom stereocenters. The Morgan fingerprint density at radius 1 is 1.24 bits per heavy atom. The predicted molar refractivity (Wildman–Crippen MR) is 98.0 cm³/mol. The van der Waals surface area contributed by atoms with Gasteiger partial charge in [0.2, 0.25) is 0 Å². The van der Waals surface area contributed by atoms with Gasteiger partial charge >= 0.3 is 5.97 Å². The molecule has 0 unspecified atom stereocenters. The van der Waals surface area contributed by atoms with Crippen LogP contribution in [0.15, 0.2) is 42.5 Å². The zero-order chi connectivity index (χ0) is 17.6. The average molecular weight is 376 g/mol. The first kappa shape index (κ1) is 16.5. The number of rotatable bonds is 2. The van der Waals surface area contributed by atoms with Gasteiger partial charge in [0.05, 0.1) is 17.8 Å². The fourth-order valence-electron chi connectivity index (χ4n) is 3.65. The monoisotopic (exact) mass is 375 g/mol. The molecule has 0 radical (unpaired) electrons. The van der Waals surface area contributed by atoms with Crippen molar-refractivity contribution in [3.63, 3.8) is 0 Å². The number of halogens is 2. The molecule has 4 nitrogen and oxygen atoms in total. The summed E-state index contributed by atoms with van der Waals surface area (Å²) in [5, 5.41) is 4.32. The third-order valence-corrected chi connectivity index (χ3v) is 5.37. The van der Waals surface area contributed by atoms with E-state index in [1.165, 1.54) is 7.11 Å². The van der Waals surface area contributed by atoms with E-state index in [0.29, 0.717) is 16.5 Å². The number of quaternary nitrogens is 1. The molecule has 1 aromatic heterocycles. The van der Waals surface area contributed by atoms with E-state index in [1.807, 2.05) is 35.6 Å². The Bertz CT molecular complexity index is 967. The molecule has 0 saturated carbocycles. The van der Waals surface area contributed by atoms with Crippen molar-refractivity contribution >= 4 is 40.1 Å². The number of ether oxygens (including phenoxy) is 1. The molecule has 0 spiro atoms. The lowest BCUT2D eigenvalue weighted by Crippen LogP contribution is -2.94. The number of benzene rings is 2. The third-order valence-electron chi connectivity index (χ3n) is 4.81. The van der Waals surface area contributed by atoms with Crippen molar-refractivity contribution in [1.29, 1.82) is 0 Å². The molecule has 3 aromatic rings. The van der Waals surface area contributed by atoms with Crippen LogP contribution in [0.1, 0.15) is 22.9 Å². The Morgan fingerprint density at radius 3 is 2.80 bits per heavy atom. The number of nitrogens with two attached hydrogens (primary N) is 1. The minimum absolute atomic E-state index is 0.120. The molecule has 128 valence electrons. The van der Waals surface area contributed by atoms with Crippen LogP contribution in [0.5, 0.6) is 0 Å². The van der Waals surface area contributed by atoms with Gasteiger partial charge in [-0.05, 0) is 29.8 Å². The van der Waals surface area contributed by atoms with Crippen LogP contribution in [-0.4, -0.2) is 24.1 Å². The molecular formula is C19H17Cl2N2O2+. The highest BCUT2D eigenvalue weighted by molar-refractivity contribution is 6.35. The van der Waals surface area contributed by atoms with Crippen LogP contribution in [0.3, 0.4) is 0 Å². The van der Waals surface area contributed by atoms with Gasteiger partial charge in [0.1, 0.15) is 0 Å². The number of methoxy groups -OCH3 is 1. The standard InChI is InChI=1S/C19H16Cl2N2O2/c1-25-19(24)16-9-13-11-4-2-3-5-15(11)22-18(13)17(23-16)12-7-6-10(20)8-14(12)21/h2-8,16-17,22-23H,9H2,1H3/p+1/t16-,17+/m0/s1. The number of aromatic amines is 1. The highest BCUT2D eigenvalue weighted by atomic mass is 35.5. The molecule has 0 bridgehead atoms. The maximum Gasteiger partial charge on any atom is 0.364 e. The number of aromatic nitrogens is 1. The molecule has 3 N–H and O–H groups in total. The quantitative estimate of drug-likeness (QED) is 0.675. The minimum Gasteiger partial charge on any atom is -0.465 e. The molecule has 2 heterocycles. The highest BCUT2D eigenvalue weighted by Gasteiger charge is 2.38. The number of esters is 1. The number of hydrogen-bond donors (Lipinski definition) is 2. The van der Waals surface area contributed by atoms with Crippen LogP contribution >= 0.6 is 23.2 Å². The lowest BCUT2D eigenvalue weighted by molar-refractivity contribution is -0.712. The number of para-hydroxylation sites is 1. The molecule has 25 heavy (non-hydrogen) atoms. The first-order valence-corrected chi connectivity index (χ1v) is 8.81. The number of fused-ring (bicyclic) bond motifs is 3. The Morgan fingerprint density at radius 2 is 2.04 bits per heavy atom. The summed E-state index contributed by atoms with van der Waals surface area (Å²) in [4.78, 5) is 15.7. The van der Waals surface area contributed by atoms with Crippen molar-refractivity contribution in [2.45, 2.75) is 18.5 Å². The fourth-order valence-corrected chi connectivity index (χ4v) is 4.17. The van der Waals surface area contributed by atoms with Gasteiger partial charge in [-0.2, -0.15) is 0 Å². The fraction of sp³-hybridized carbons (Fsp3) is 0.211. The number of H-pyrrole nitrogens is 1. The van der Waals surface area contributed by atoms with Crippen LogP contribution in [0, 0.1) is 0 Å². The predicted octanol–water partition coefficient (Wildman–Crippen LogP) is 3.23. The second kappa shape index (κ2) is 6.37. The van der Waals surface area contributed by atoms with Gasteiger partial charge in [-0.1, -0.05) is 41.4 Å². The SMILES string of the molecule is COC(=O)[C@@H]1Cc2c([nH]c3ccccc23)[C@@H](c2ccc(Cl)cc2Cl)[NH2+]1. The van der Waals surface area contributed by atoms with Crippen molar-refractivity contribution in [3.8, 4) is 0 Å². The van der Waals surface area contributed by atoms with E-state index >= 15 is 0 Å². The van der Waals surface area contributed by atoms with Gasteiger partial charge in [0.15, 0.2) is 12.1 Å². The largest absolute Gasteiger partial charge is 0.465 e. The molecule has 0 aliphatic carbocycles. The summed E-state index contributed by atoms with van der Waals surface area (Å²) in [5.41, 5.74) is 4.20. The van der Waals surface area contributed by atoms with Gasteiger partial charge in [0.25, 0.3) is 0 Å². The molecule has 1 aliphatic rings. The Kier molecular flexibility index (Phi) is 4.20. The molecule has 0 fully saturated rings. The maximum absolute atomic E-state index is 12.2. The summed E-state index contributed by atoms with van der Waals surface area (Å²) in [6.07, 6.45) is 0.619. The molecule has 0 amide bonds. The highest BCUT2D eigenvalue weighted by Crippen LogP contribution is 2.35. The summed E-state index contributed by atoms with van der Waals surface area (Å²) < 4.78 is 4.99. The minimum atomic E-state index is -0.312. The van der Waals surface area contributed by atoms with Gasteiger partial charge in [-0.15, -0.1) is 0 Å². The molecule has 4 rings (SSSR count). The molecule has 6 heteroatoms. The van der Waals surface area contributed by atoms with Crippen LogP contribution in [0.2, 0.25) is 10.0 Å². The second-order valence-electron chi connectivity index (χ2n) is 6.23. The van der Waals surface area contributed by atoms with Gasteiger partial charge < -0.3 is 15.0 Å². The second-order valence-corrected chi connectivity index (χ2v) is 7.08. The van der Waals surface area contributed by atoms with Crippen LogP contribution in [-0.2, 0) is 16.0 Å². The lowest BCUT2D eigenvalue weighted by Gasteiger charge is -2.27. The van der Waals surface area contributed by atoms with Crippen LogP contribution in [0.25, 0.3) is 10.9 Å². The lowest BCUT2D eigenvalue weighted by atomic mass is 9.90. The van der Waals surface area contributed by atoms with E-state index < -0.39 is 0 Å². The van der Waals surface area contributed by atoms with Crippen LogP contribution in [0.4, 0.5) is 0 Å². The summed E-state index contributed by atoms with van der Waals surface area (Å²) in [6.45, 7) is 0. The van der Waals surface area contributed by atoms with E-state index in [9.17, 15) is 4.79 Å². The van der Waals surface area contributed by atoms with E-state index in [2.05, 4.69) is 11.1 Å². The summed E-state index contributed by atoms with van der Waals surface area (Å²) >= 11 is 12.5. The zero-order valence-electron chi connectivity index (χ0n) is 13.6. The smallest absolute Gasteiger partial charge is 0.364 e. The molecule has 2 aromatic carbocycles. The number of carbonyl (C=O) groups is 1. The number of carbonyl (C=O) groups excluding carboxylic acids is 1. The van der Waals surface area contributed by atoms with Crippen molar-refractivity contribution in [3.05, 3.63) is 69.3 Å². The van der Waals surface area contributed by atoms with Crippen LogP contribution < -0.4 is 5.32 Å². The topological polar surface area (TPSA) is 58.7 Å². The van der Waals surface area contributed by atoms with E-state index in [0.717, 1.165) is 27.7 Å². The first-order valence-electron chi connectivity index (χ1n) is 8.05. The normalized spacial score (nSPS) is 19.6. The number of nitrogens with one attached hydrogen (secondary N) is 1. The summed E-state index contributed by atoms with van der Waals surface area (Å²) in [6, 6.07) is 13.2. The summed E-state index contributed by atoms with van der Waals surface area (Å²) in [7, 11) is 1.42. The molecule has 1 aliphatic heterocycles.